The number of rotatable bonds is 3. The van der Waals surface area contributed by atoms with Gasteiger partial charge >= 0.3 is 0 Å². The maximum atomic E-state index is 6.09. The molecule has 17 heavy (non-hydrogen) atoms. The Kier molecular flexibility index (Phi) is 4.37. The summed E-state index contributed by atoms with van der Waals surface area (Å²) in [7, 11) is 0. The van der Waals surface area contributed by atoms with Crippen molar-refractivity contribution in [2.24, 2.45) is 0 Å². The summed E-state index contributed by atoms with van der Waals surface area (Å²) in [5.41, 5.74) is 1.13. The number of halogens is 1. The van der Waals surface area contributed by atoms with Gasteiger partial charge in [-0.1, -0.05) is 24.6 Å². The van der Waals surface area contributed by atoms with Crippen molar-refractivity contribution in [3.8, 4) is 0 Å². The Bertz CT molecular complexity index is 369. The molecule has 2 heterocycles. The fourth-order valence-corrected chi connectivity index (χ4v) is 2.64. The summed E-state index contributed by atoms with van der Waals surface area (Å²) >= 11 is 6.09. The molecule has 1 aromatic heterocycles. The van der Waals surface area contributed by atoms with Gasteiger partial charge in [-0.25, -0.2) is 4.98 Å². The lowest BCUT2D eigenvalue weighted by Crippen LogP contribution is -2.51. The zero-order valence-corrected chi connectivity index (χ0v) is 11.3. The Morgan fingerprint density at radius 2 is 2.29 bits per heavy atom. The molecule has 0 radical (unpaired) electrons. The number of likely N-dealkylation sites (N-methyl/N-ethyl adjacent to an activating group) is 1. The third-order valence-corrected chi connectivity index (χ3v) is 3.83. The monoisotopic (exact) mass is 253 g/mol. The highest BCUT2D eigenvalue weighted by molar-refractivity contribution is 6.30. The van der Waals surface area contributed by atoms with Gasteiger partial charge in [-0.3, -0.25) is 9.80 Å². The Labute approximate surface area is 108 Å². The molecule has 0 aliphatic carbocycles. The van der Waals surface area contributed by atoms with Crippen LogP contribution in [0.15, 0.2) is 18.3 Å². The lowest BCUT2D eigenvalue weighted by atomic mass is 10.1. The summed E-state index contributed by atoms with van der Waals surface area (Å²) in [6.45, 7) is 9.94. The zero-order valence-electron chi connectivity index (χ0n) is 10.6. The third kappa shape index (κ3) is 3.18. The quantitative estimate of drug-likeness (QED) is 0.771. The number of nitrogens with zero attached hydrogens (tertiary/aromatic N) is 3. The highest BCUT2D eigenvalue weighted by Gasteiger charge is 2.22. The number of hydrogen-bond donors (Lipinski definition) is 0. The van der Waals surface area contributed by atoms with Gasteiger partial charge in [-0.2, -0.15) is 0 Å². The van der Waals surface area contributed by atoms with Gasteiger partial charge in [-0.05, 0) is 19.5 Å². The van der Waals surface area contributed by atoms with Crippen LogP contribution in [0, 0.1) is 0 Å². The highest BCUT2D eigenvalue weighted by atomic mass is 35.5. The molecule has 0 aromatic carbocycles. The van der Waals surface area contributed by atoms with Crippen LogP contribution in [0.4, 0.5) is 0 Å². The maximum Gasteiger partial charge on any atom is 0.133 e. The minimum atomic E-state index is 0.629. The van der Waals surface area contributed by atoms with E-state index in [-0.39, 0.29) is 0 Å². The van der Waals surface area contributed by atoms with E-state index in [1.165, 1.54) is 0 Å². The molecule has 1 fully saturated rings. The molecule has 1 atom stereocenters. The van der Waals surface area contributed by atoms with Crippen LogP contribution in [0.3, 0.4) is 0 Å². The van der Waals surface area contributed by atoms with Crippen LogP contribution in [0.25, 0.3) is 0 Å². The summed E-state index contributed by atoms with van der Waals surface area (Å²) < 4.78 is 0. The zero-order chi connectivity index (χ0) is 12.3. The Balaban J connectivity index is 1.95. The first kappa shape index (κ1) is 12.8. The van der Waals surface area contributed by atoms with E-state index in [2.05, 4.69) is 34.7 Å². The van der Waals surface area contributed by atoms with Gasteiger partial charge < -0.3 is 0 Å². The van der Waals surface area contributed by atoms with E-state index >= 15 is 0 Å². The van der Waals surface area contributed by atoms with E-state index in [1.807, 2.05) is 6.07 Å². The highest BCUT2D eigenvalue weighted by Crippen LogP contribution is 2.17. The van der Waals surface area contributed by atoms with Crippen molar-refractivity contribution in [2.45, 2.75) is 26.4 Å². The smallest absolute Gasteiger partial charge is 0.133 e. The van der Waals surface area contributed by atoms with Gasteiger partial charge in [0.2, 0.25) is 0 Å². The van der Waals surface area contributed by atoms with Crippen LogP contribution in [0.2, 0.25) is 5.15 Å². The molecule has 1 aliphatic heterocycles. The molecule has 0 amide bonds. The molecule has 2 rings (SSSR count). The minimum absolute atomic E-state index is 0.629. The molecule has 4 heteroatoms. The van der Waals surface area contributed by atoms with Crippen LogP contribution in [0.5, 0.6) is 0 Å². The molecule has 0 spiro atoms. The molecular formula is C13H20ClN3. The van der Waals surface area contributed by atoms with Crippen molar-refractivity contribution < 1.29 is 0 Å². The molecule has 3 nitrogen and oxygen atoms in total. The van der Waals surface area contributed by atoms with Gasteiger partial charge in [0.1, 0.15) is 5.15 Å². The van der Waals surface area contributed by atoms with E-state index in [4.69, 9.17) is 11.6 Å². The van der Waals surface area contributed by atoms with E-state index < -0.39 is 0 Å². The molecule has 94 valence electrons. The first-order valence-corrected chi connectivity index (χ1v) is 6.64. The fraction of sp³-hybridized carbons (Fsp3) is 0.615. The van der Waals surface area contributed by atoms with Gasteiger partial charge in [0.05, 0.1) is 0 Å². The fourth-order valence-electron chi connectivity index (χ4n) is 2.46. The largest absolute Gasteiger partial charge is 0.298 e. The molecule has 1 unspecified atom stereocenters. The van der Waals surface area contributed by atoms with Crippen molar-refractivity contribution >= 4 is 11.6 Å². The topological polar surface area (TPSA) is 19.4 Å². The second-order valence-corrected chi connectivity index (χ2v) is 5.02. The molecule has 0 bridgehead atoms. The standard InChI is InChI=1S/C13H20ClN3/c1-3-17-8-7-16(9-11(17)2)10-12-5-4-6-15-13(12)14/h4-6,11H,3,7-10H2,1-2H3. The molecule has 0 N–H and O–H groups in total. The van der Waals surface area contributed by atoms with Gasteiger partial charge in [0, 0.05) is 44.0 Å². The Hall–Kier alpha value is -0.640. The summed E-state index contributed by atoms with van der Waals surface area (Å²) in [5, 5.41) is 0.637. The second kappa shape index (κ2) is 5.80. The Morgan fingerprint density at radius 1 is 1.47 bits per heavy atom. The van der Waals surface area contributed by atoms with E-state index in [0.29, 0.717) is 11.2 Å². The molecule has 1 aromatic rings. The Morgan fingerprint density at radius 3 is 2.94 bits per heavy atom. The molecule has 0 saturated carbocycles. The minimum Gasteiger partial charge on any atom is -0.298 e. The average Bonchev–Trinajstić information content (AvgIpc) is 2.32. The van der Waals surface area contributed by atoms with E-state index in [1.54, 1.807) is 6.20 Å². The normalized spacial score (nSPS) is 22.9. The van der Waals surface area contributed by atoms with Crippen molar-refractivity contribution in [1.29, 1.82) is 0 Å². The first-order chi connectivity index (χ1) is 8.20. The van der Waals surface area contributed by atoms with Crippen molar-refractivity contribution in [3.05, 3.63) is 29.0 Å². The molecule has 1 aliphatic rings. The number of aromatic nitrogens is 1. The van der Waals surface area contributed by atoms with Crippen LogP contribution >= 0.6 is 11.6 Å². The summed E-state index contributed by atoms with van der Waals surface area (Å²) in [6.07, 6.45) is 1.74. The average molecular weight is 254 g/mol. The second-order valence-electron chi connectivity index (χ2n) is 4.67. The van der Waals surface area contributed by atoms with E-state index in [0.717, 1.165) is 38.3 Å². The third-order valence-electron chi connectivity index (χ3n) is 3.49. The SMILES string of the molecule is CCN1CCN(Cc2cccnc2Cl)CC1C. The van der Waals surface area contributed by atoms with Crippen molar-refractivity contribution in [1.82, 2.24) is 14.8 Å². The lowest BCUT2D eigenvalue weighted by Gasteiger charge is -2.39. The summed E-state index contributed by atoms with van der Waals surface area (Å²) in [6, 6.07) is 4.64. The molecule has 1 saturated heterocycles. The van der Waals surface area contributed by atoms with Crippen LogP contribution < -0.4 is 0 Å². The maximum absolute atomic E-state index is 6.09. The van der Waals surface area contributed by atoms with E-state index in [9.17, 15) is 0 Å². The van der Waals surface area contributed by atoms with Crippen molar-refractivity contribution in [3.63, 3.8) is 0 Å². The molecular weight excluding hydrogens is 234 g/mol. The number of piperazine rings is 1. The van der Waals surface area contributed by atoms with Crippen LogP contribution in [0.1, 0.15) is 19.4 Å². The number of pyridine rings is 1. The summed E-state index contributed by atoms with van der Waals surface area (Å²) in [5.74, 6) is 0. The summed E-state index contributed by atoms with van der Waals surface area (Å²) in [4.78, 5) is 9.10. The predicted octanol–water partition coefficient (Wildman–Crippen LogP) is 2.26. The number of hydrogen-bond acceptors (Lipinski definition) is 3. The van der Waals surface area contributed by atoms with Gasteiger partial charge in [-0.15, -0.1) is 0 Å². The van der Waals surface area contributed by atoms with Gasteiger partial charge in [0.15, 0.2) is 0 Å². The van der Waals surface area contributed by atoms with Crippen LogP contribution in [-0.2, 0) is 6.54 Å². The van der Waals surface area contributed by atoms with Crippen LogP contribution in [-0.4, -0.2) is 47.0 Å². The van der Waals surface area contributed by atoms with Crippen molar-refractivity contribution in [2.75, 3.05) is 26.2 Å². The first-order valence-electron chi connectivity index (χ1n) is 6.26. The predicted molar refractivity (Wildman–Crippen MR) is 71.2 cm³/mol. The lowest BCUT2D eigenvalue weighted by molar-refractivity contribution is 0.0834. The van der Waals surface area contributed by atoms with Gasteiger partial charge in [0.25, 0.3) is 0 Å².